The Kier molecular flexibility index (Phi) is 6.88. The van der Waals surface area contributed by atoms with Crippen LogP contribution in [0.3, 0.4) is 0 Å². The van der Waals surface area contributed by atoms with Gasteiger partial charge in [-0.2, -0.15) is 0 Å². The van der Waals surface area contributed by atoms with Gasteiger partial charge in [-0.05, 0) is 37.6 Å². The standard InChI is InChI=1S/C24H29N5O4/c1-24(2,30)16-32-23-14-17(8-11-25-23)18-4-5-20(26-15-18)29-12-9-19(10-13-29)33-22-7-6-21(31-3)27-28-22/h4-8,11,14-15,19,30H,9-10,12-13,16H2,1-3H3. The predicted octanol–water partition coefficient (Wildman–Crippen LogP) is 3.14. The Bertz CT molecular complexity index is 1030. The summed E-state index contributed by atoms with van der Waals surface area (Å²) in [5.74, 6) is 2.40. The molecule has 3 aromatic heterocycles. The number of pyridine rings is 2. The van der Waals surface area contributed by atoms with Crippen molar-refractivity contribution in [3.8, 4) is 28.8 Å². The zero-order chi connectivity index (χ0) is 23.3. The van der Waals surface area contributed by atoms with Crippen molar-refractivity contribution in [1.29, 1.82) is 0 Å². The van der Waals surface area contributed by atoms with Crippen LogP contribution in [0.25, 0.3) is 11.1 Å². The number of ether oxygens (including phenoxy) is 3. The van der Waals surface area contributed by atoms with E-state index in [0.717, 1.165) is 42.9 Å². The first-order valence-corrected chi connectivity index (χ1v) is 11.0. The SMILES string of the molecule is COc1ccc(OC2CCN(c3ccc(-c4ccnc(OCC(C)(C)O)c4)cn3)CC2)nn1. The van der Waals surface area contributed by atoms with Crippen molar-refractivity contribution in [3.63, 3.8) is 0 Å². The van der Waals surface area contributed by atoms with Gasteiger partial charge in [0.1, 0.15) is 18.5 Å². The van der Waals surface area contributed by atoms with Crippen molar-refractivity contribution >= 4 is 5.82 Å². The van der Waals surface area contributed by atoms with Crippen LogP contribution in [0.2, 0.25) is 0 Å². The third kappa shape index (κ3) is 6.29. The lowest BCUT2D eigenvalue weighted by atomic mass is 10.1. The Morgan fingerprint density at radius 2 is 1.73 bits per heavy atom. The maximum absolute atomic E-state index is 9.84. The lowest BCUT2D eigenvalue weighted by Crippen LogP contribution is -2.38. The molecule has 0 radical (unpaired) electrons. The summed E-state index contributed by atoms with van der Waals surface area (Å²) in [5, 5.41) is 17.8. The Labute approximate surface area is 193 Å². The van der Waals surface area contributed by atoms with E-state index in [1.165, 1.54) is 0 Å². The van der Waals surface area contributed by atoms with Gasteiger partial charge in [0.15, 0.2) is 0 Å². The van der Waals surface area contributed by atoms with Gasteiger partial charge in [0.2, 0.25) is 17.6 Å². The number of nitrogens with zero attached hydrogens (tertiary/aromatic N) is 5. The molecular formula is C24H29N5O4. The monoisotopic (exact) mass is 451 g/mol. The van der Waals surface area contributed by atoms with Crippen LogP contribution in [0.5, 0.6) is 17.6 Å². The highest BCUT2D eigenvalue weighted by Crippen LogP contribution is 2.26. The van der Waals surface area contributed by atoms with Gasteiger partial charge >= 0.3 is 0 Å². The second kappa shape index (κ2) is 9.99. The van der Waals surface area contributed by atoms with E-state index in [1.54, 1.807) is 39.3 Å². The van der Waals surface area contributed by atoms with E-state index in [4.69, 9.17) is 14.2 Å². The van der Waals surface area contributed by atoms with Crippen LogP contribution in [0.15, 0.2) is 48.8 Å². The number of piperidine rings is 1. The summed E-state index contributed by atoms with van der Waals surface area (Å²) in [6.07, 6.45) is 5.41. The van der Waals surface area contributed by atoms with Crippen LogP contribution in [0, 0.1) is 0 Å². The minimum Gasteiger partial charge on any atom is -0.480 e. The average molecular weight is 452 g/mol. The highest BCUT2D eigenvalue weighted by Gasteiger charge is 2.22. The third-order valence-electron chi connectivity index (χ3n) is 5.27. The Balaban J connectivity index is 1.32. The van der Waals surface area contributed by atoms with Gasteiger partial charge in [0.25, 0.3) is 0 Å². The fourth-order valence-corrected chi connectivity index (χ4v) is 3.52. The van der Waals surface area contributed by atoms with Gasteiger partial charge in [-0.25, -0.2) is 9.97 Å². The zero-order valence-electron chi connectivity index (χ0n) is 19.1. The lowest BCUT2D eigenvalue weighted by Gasteiger charge is -2.32. The van der Waals surface area contributed by atoms with E-state index in [1.807, 2.05) is 30.5 Å². The van der Waals surface area contributed by atoms with E-state index in [0.29, 0.717) is 17.6 Å². The molecule has 0 spiro atoms. The number of aromatic nitrogens is 4. The van der Waals surface area contributed by atoms with Crippen molar-refractivity contribution in [1.82, 2.24) is 20.2 Å². The number of methoxy groups -OCH3 is 1. The Morgan fingerprint density at radius 3 is 2.36 bits per heavy atom. The van der Waals surface area contributed by atoms with Gasteiger partial charge in [-0.1, -0.05) is 0 Å². The number of hydrogen-bond donors (Lipinski definition) is 1. The minimum absolute atomic E-state index is 0.0994. The molecule has 3 aromatic rings. The van der Waals surface area contributed by atoms with Gasteiger partial charge < -0.3 is 24.2 Å². The van der Waals surface area contributed by atoms with Crippen molar-refractivity contribution in [2.24, 2.45) is 0 Å². The molecule has 1 aliphatic rings. The number of hydrogen-bond acceptors (Lipinski definition) is 9. The quantitative estimate of drug-likeness (QED) is 0.553. The molecule has 1 aliphatic heterocycles. The molecule has 0 amide bonds. The summed E-state index contributed by atoms with van der Waals surface area (Å²) in [7, 11) is 1.56. The van der Waals surface area contributed by atoms with Crippen molar-refractivity contribution in [2.45, 2.75) is 38.4 Å². The molecule has 0 aromatic carbocycles. The van der Waals surface area contributed by atoms with E-state index < -0.39 is 5.60 Å². The normalized spacial score (nSPS) is 14.7. The van der Waals surface area contributed by atoms with Crippen LogP contribution in [-0.4, -0.2) is 63.8 Å². The fourth-order valence-electron chi connectivity index (χ4n) is 3.52. The maximum Gasteiger partial charge on any atom is 0.233 e. The zero-order valence-corrected chi connectivity index (χ0v) is 19.1. The second-order valence-electron chi connectivity index (χ2n) is 8.61. The molecule has 4 heterocycles. The van der Waals surface area contributed by atoms with Gasteiger partial charge in [-0.15, -0.1) is 10.2 Å². The van der Waals surface area contributed by atoms with E-state index in [2.05, 4.69) is 25.1 Å². The van der Waals surface area contributed by atoms with Crippen LogP contribution < -0.4 is 19.1 Å². The molecule has 33 heavy (non-hydrogen) atoms. The average Bonchev–Trinajstić information content (AvgIpc) is 2.84. The number of aliphatic hydroxyl groups is 1. The van der Waals surface area contributed by atoms with Crippen LogP contribution in [0.4, 0.5) is 5.82 Å². The Hall–Kier alpha value is -3.46. The summed E-state index contributed by atoms with van der Waals surface area (Å²) >= 11 is 0. The maximum atomic E-state index is 9.84. The molecule has 174 valence electrons. The fraction of sp³-hybridized carbons (Fsp3) is 0.417. The molecule has 0 unspecified atom stereocenters. The number of anilines is 1. The van der Waals surface area contributed by atoms with Crippen molar-refractivity contribution in [2.75, 3.05) is 31.7 Å². The molecule has 9 nitrogen and oxygen atoms in total. The van der Waals surface area contributed by atoms with Gasteiger partial charge in [0.05, 0.1) is 12.7 Å². The minimum atomic E-state index is -0.915. The summed E-state index contributed by atoms with van der Waals surface area (Å²) in [6, 6.07) is 11.4. The predicted molar refractivity (Wildman–Crippen MR) is 124 cm³/mol. The first-order valence-electron chi connectivity index (χ1n) is 11.0. The molecule has 4 rings (SSSR count). The van der Waals surface area contributed by atoms with Gasteiger partial charge in [0, 0.05) is 62.1 Å². The molecule has 0 aliphatic carbocycles. The second-order valence-corrected chi connectivity index (χ2v) is 8.61. The summed E-state index contributed by atoms with van der Waals surface area (Å²) in [4.78, 5) is 11.1. The summed E-state index contributed by atoms with van der Waals surface area (Å²) < 4.78 is 16.6. The molecule has 0 saturated carbocycles. The van der Waals surface area contributed by atoms with Crippen LogP contribution in [0.1, 0.15) is 26.7 Å². The molecule has 9 heteroatoms. The summed E-state index contributed by atoms with van der Waals surface area (Å²) in [6.45, 7) is 5.27. The van der Waals surface area contributed by atoms with E-state index >= 15 is 0 Å². The van der Waals surface area contributed by atoms with Crippen molar-refractivity contribution < 1.29 is 19.3 Å². The lowest BCUT2D eigenvalue weighted by molar-refractivity contribution is 0.0268. The van der Waals surface area contributed by atoms with E-state index in [9.17, 15) is 5.11 Å². The molecule has 1 fully saturated rings. The molecular weight excluding hydrogens is 422 g/mol. The van der Waals surface area contributed by atoms with Crippen LogP contribution >= 0.6 is 0 Å². The summed E-state index contributed by atoms with van der Waals surface area (Å²) in [5.41, 5.74) is 1.02. The largest absolute Gasteiger partial charge is 0.480 e. The highest BCUT2D eigenvalue weighted by atomic mass is 16.5. The van der Waals surface area contributed by atoms with Gasteiger partial charge in [-0.3, -0.25) is 0 Å². The highest BCUT2D eigenvalue weighted by molar-refractivity contribution is 5.64. The Morgan fingerprint density at radius 1 is 0.970 bits per heavy atom. The molecule has 0 atom stereocenters. The molecule has 1 saturated heterocycles. The smallest absolute Gasteiger partial charge is 0.233 e. The third-order valence-corrected chi connectivity index (χ3v) is 5.27. The first kappa shape index (κ1) is 22.7. The topological polar surface area (TPSA) is 103 Å². The molecule has 1 N–H and O–H groups in total. The van der Waals surface area contributed by atoms with Crippen molar-refractivity contribution in [3.05, 3.63) is 48.8 Å². The number of rotatable bonds is 8. The first-order chi connectivity index (χ1) is 15.9. The molecule has 0 bridgehead atoms. The van der Waals surface area contributed by atoms with E-state index in [-0.39, 0.29) is 12.7 Å². The van der Waals surface area contributed by atoms with Crippen LogP contribution in [-0.2, 0) is 0 Å².